The number of benzene rings is 1. The summed E-state index contributed by atoms with van der Waals surface area (Å²) in [5, 5.41) is 9.79. The number of thiocarbonyl (C=S) groups is 1. The number of piperidine rings is 1. The Balaban J connectivity index is 1.70. The Labute approximate surface area is 227 Å². The van der Waals surface area contributed by atoms with Crippen LogP contribution in [0, 0.1) is 24.2 Å². The molecule has 0 spiro atoms. The minimum Gasteiger partial charge on any atom is -0.497 e. The maximum absolute atomic E-state index is 13.5. The fourth-order valence-corrected chi connectivity index (χ4v) is 6.31. The van der Waals surface area contributed by atoms with E-state index >= 15 is 0 Å². The molecule has 37 heavy (non-hydrogen) atoms. The Kier molecular flexibility index (Phi) is 8.40. The summed E-state index contributed by atoms with van der Waals surface area (Å²) in [5.41, 5.74) is 2.29. The molecule has 194 valence electrons. The van der Waals surface area contributed by atoms with E-state index in [9.17, 15) is 14.9 Å². The fraction of sp³-hybridized carbons (Fsp3) is 0.429. The summed E-state index contributed by atoms with van der Waals surface area (Å²) >= 11 is 6.85. The molecule has 0 aliphatic carbocycles. The van der Waals surface area contributed by atoms with Gasteiger partial charge >= 0.3 is 0 Å². The smallest absolute Gasteiger partial charge is 0.270 e. The number of hydrogen-bond donors (Lipinski definition) is 0. The molecule has 3 heterocycles. The number of nitriles is 1. The Hall–Kier alpha value is -3.09. The van der Waals surface area contributed by atoms with Gasteiger partial charge in [0.2, 0.25) is 0 Å². The third kappa shape index (κ3) is 5.46. The standard InChI is InChI=1S/C28H32N4O3S2/c1-5-31-25(30-13-6-7-18(2)17-30)22(19(3)23(16-29)26(31)33)15-24-27(34)32(28(36)37-24)14-12-20-8-10-21(35-4)11-9-20/h8-11,15,18H,5-7,12-14,17H2,1-4H3/b24-15+. The summed E-state index contributed by atoms with van der Waals surface area (Å²) in [4.78, 5) is 31.0. The van der Waals surface area contributed by atoms with Crippen LogP contribution in [-0.2, 0) is 17.8 Å². The van der Waals surface area contributed by atoms with E-state index in [2.05, 4.69) is 17.9 Å². The van der Waals surface area contributed by atoms with Gasteiger partial charge in [0.05, 0.1) is 12.0 Å². The summed E-state index contributed by atoms with van der Waals surface area (Å²) in [6.45, 7) is 8.50. The number of ether oxygens (including phenoxy) is 1. The topological polar surface area (TPSA) is 78.6 Å². The van der Waals surface area contributed by atoms with Crippen LogP contribution in [0.2, 0.25) is 0 Å². The fourth-order valence-electron chi connectivity index (χ4n) is 5.02. The Bertz CT molecular complexity index is 1340. The predicted molar refractivity (Wildman–Crippen MR) is 153 cm³/mol. The van der Waals surface area contributed by atoms with E-state index in [4.69, 9.17) is 17.0 Å². The van der Waals surface area contributed by atoms with Crippen LogP contribution in [0.25, 0.3) is 6.08 Å². The molecule has 2 aromatic rings. The number of thioether (sulfide) groups is 1. The molecule has 2 aliphatic heterocycles. The first-order valence-corrected chi connectivity index (χ1v) is 13.8. The molecule has 4 rings (SSSR count). The van der Waals surface area contributed by atoms with Crippen LogP contribution in [0.15, 0.2) is 34.0 Å². The molecule has 2 fully saturated rings. The van der Waals surface area contributed by atoms with Gasteiger partial charge in [-0.1, -0.05) is 43.0 Å². The highest BCUT2D eigenvalue weighted by molar-refractivity contribution is 8.26. The van der Waals surface area contributed by atoms with Crippen LogP contribution < -0.4 is 15.2 Å². The van der Waals surface area contributed by atoms with Crippen molar-refractivity contribution in [2.24, 2.45) is 5.92 Å². The molecule has 9 heteroatoms. The highest BCUT2D eigenvalue weighted by Crippen LogP contribution is 2.37. The number of anilines is 1. The molecule has 0 bridgehead atoms. The van der Waals surface area contributed by atoms with Crippen molar-refractivity contribution >= 4 is 46.1 Å². The number of methoxy groups -OCH3 is 1. The van der Waals surface area contributed by atoms with Crippen molar-refractivity contribution in [3.05, 3.63) is 61.8 Å². The molecular weight excluding hydrogens is 504 g/mol. The van der Waals surface area contributed by atoms with Gasteiger partial charge < -0.3 is 9.64 Å². The van der Waals surface area contributed by atoms with E-state index in [1.54, 1.807) is 23.5 Å². The van der Waals surface area contributed by atoms with Gasteiger partial charge in [0.1, 0.15) is 27.5 Å². The zero-order valence-corrected chi connectivity index (χ0v) is 23.4. The Morgan fingerprint density at radius 2 is 2.00 bits per heavy atom. The van der Waals surface area contributed by atoms with Gasteiger partial charge in [-0.05, 0) is 68.4 Å². The van der Waals surface area contributed by atoms with Crippen molar-refractivity contribution in [2.45, 2.75) is 46.6 Å². The van der Waals surface area contributed by atoms with Crippen molar-refractivity contribution in [3.8, 4) is 11.8 Å². The average Bonchev–Trinajstić information content (AvgIpc) is 3.16. The molecule has 7 nitrogen and oxygen atoms in total. The number of pyridine rings is 1. The highest BCUT2D eigenvalue weighted by atomic mass is 32.2. The molecule has 2 aliphatic rings. The molecule has 0 N–H and O–H groups in total. The van der Waals surface area contributed by atoms with Crippen LogP contribution in [0.3, 0.4) is 0 Å². The number of carbonyl (C=O) groups excluding carboxylic acids is 1. The predicted octanol–water partition coefficient (Wildman–Crippen LogP) is 4.74. The molecular formula is C28H32N4O3S2. The number of aromatic nitrogens is 1. The van der Waals surface area contributed by atoms with Crippen molar-refractivity contribution in [1.29, 1.82) is 5.26 Å². The zero-order valence-electron chi connectivity index (χ0n) is 21.7. The van der Waals surface area contributed by atoms with E-state index < -0.39 is 0 Å². The first kappa shape index (κ1) is 27.0. The minimum atomic E-state index is -0.278. The van der Waals surface area contributed by atoms with Gasteiger partial charge in [-0.3, -0.25) is 19.1 Å². The lowest BCUT2D eigenvalue weighted by molar-refractivity contribution is -0.122. The van der Waals surface area contributed by atoms with Crippen molar-refractivity contribution < 1.29 is 9.53 Å². The summed E-state index contributed by atoms with van der Waals surface area (Å²) in [5.74, 6) is 1.93. The number of amides is 1. The lowest BCUT2D eigenvalue weighted by atomic mass is 9.98. The van der Waals surface area contributed by atoms with Gasteiger partial charge in [-0.15, -0.1) is 0 Å². The van der Waals surface area contributed by atoms with E-state index in [0.717, 1.165) is 48.6 Å². The van der Waals surface area contributed by atoms with E-state index in [0.29, 0.717) is 40.2 Å². The van der Waals surface area contributed by atoms with Crippen LogP contribution in [0.5, 0.6) is 5.75 Å². The molecule has 2 saturated heterocycles. The number of rotatable bonds is 7. The SMILES string of the molecule is CCn1c(N2CCCC(C)C2)c(/C=C2/SC(=S)N(CCc3ccc(OC)cc3)C2=O)c(C)c(C#N)c1=O. The van der Waals surface area contributed by atoms with Crippen molar-refractivity contribution in [3.63, 3.8) is 0 Å². The number of hydrogen-bond acceptors (Lipinski definition) is 7. The minimum absolute atomic E-state index is 0.122. The maximum atomic E-state index is 13.5. The second-order valence-corrected chi connectivity index (χ2v) is 11.2. The third-order valence-corrected chi connectivity index (χ3v) is 8.43. The molecule has 1 atom stereocenters. The van der Waals surface area contributed by atoms with Gasteiger partial charge in [-0.25, -0.2) is 0 Å². The molecule has 0 saturated carbocycles. The third-order valence-electron chi connectivity index (χ3n) is 7.05. The lowest BCUT2D eigenvalue weighted by Crippen LogP contribution is -2.40. The monoisotopic (exact) mass is 536 g/mol. The maximum Gasteiger partial charge on any atom is 0.270 e. The van der Waals surface area contributed by atoms with Crippen LogP contribution >= 0.6 is 24.0 Å². The first-order chi connectivity index (χ1) is 17.8. The lowest BCUT2D eigenvalue weighted by Gasteiger charge is -2.35. The molecule has 1 amide bonds. The van der Waals surface area contributed by atoms with Gasteiger partial charge in [0, 0.05) is 31.7 Å². The number of carbonyl (C=O) groups is 1. The second kappa shape index (κ2) is 11.5. The molecule has 0 radical (unpaired) electrons. The summed E-state index contributed by atoms with van der Waals surface area (Å²) in [6.07, 6.45) is 4.68. The summed E-state index contributed by atoms with van der Waals surface area (Å²) < 4.78 is 7.41. The second-order valence-electron chi connectivity index (χ2n) is 9.52. The molecule has 1 aromatic carbocycles. The van der Waals surface area contributed by atoms with E-state index in [1.807, 2.05) is 37.3 Å². The summed E-state index contributed by atoms with van der Waals surface area (Å²) in [7, 11) is 1.63. The van der Waals surface area contributed by atoms with Crippen molar-refractivity contribution in [1.82, 2.24) is 9.47 Å². The summed E-state index contributed by atoms with van der Waals surface area (Å²) in [6, 6.07) is 9.88. The largest absolute Gasteiger partial charge is 0.497 e. The van der Waals surface area contributed by atoms with Gasteiger partial charge in [0.25, 0.3) is 11.5 Å². The van der Waals surface area contributed by atoms with Crippen molar-refractivity contribution in [2.75, 3.05) is 31.6 Å². The Morgan fingerprint density at radius 3 is 2.62 bits per heavy atom. The molecule has 1 unspecified atom stereocenters. The van der Waals surface area contributed by atoms with Crippen LogP contribution in [0.1, 0.15) is 48.9 Å². The normalized spacial score (nSPS) is 19.0. The molecule has 1 aromatic heterocycles. The highest BCUT2D eigenvalue weighted by Gasteiger charge is 2.33. The quantitative estimate of drug-likeness (QED) is 0.374. The van der Waals surface area contributed by atoms with E-state index in [-0.39, 0.29) is 17.0 Å². The zero-order chi connectivity index (χ0) is 26.7. The van der Waals surface area contributed by atoms with Gasteiger partial charge in [0.15, 0.2) is 0 Å². The number of nitrogens with zero attached hydrogens (tertiary/aromatic N) is 4. The van der Waals surface area contributed by atoms with Crippen LogP contribution in [0.4, 0.5) is 5.82 Å². The average molecular weight is 537 g/mol. The van der Waals surface area contributed by atoms with Gasteiger partial charge in [-0.2, -0.15) is 5.26 Å². The van der Waals surface area contributed by atoms with E-state index in [1.165, 1.54) is 11.8 Å². The Morgan fingerprint density at radius 1 is 1.27 bits per heavy atom. The first-order valence-electron chi connectivity index (χ1n) is 12.6. The van der Waals surface area contributed by atoms with Crippen LogP contribution in [-0.4, -0.2) is 46.4 Å².